The molecule has 0 bridgehead atoms. The number of carbonyl (C=O) groups excluding carboxylic acids is 2. The average Bonchev–Trinajstić information content (AvgIpc) is 2.76. The Bertz CT molecular complexity index is 936. The molecule has 7 nitrogen and oxygen atoms in total. The number of para-hydroxylation sites is 1. The second kappa shape index (κ2) is 11.5. The number of nitrogens with one attached hydrogen (secondary N) is 2. The second-order valence-corrected chi connectivity index (χ2v) is 7.27. The van der Waals surface area contributed by atoms with Gasteiger partial charge in [0.2, 0.25) is 0 Å². The molecule has 7 heteroatoms. The van der Waals surface area contributed by atoms with Crippen LogP contribution in [0.3, 0.4) is 0 Å². The van der Waals surface area contributed by atoms with E-state index in [2.05, 4.69) is 22.4 Å². The molecule has 0 heterocycles. The van der Waals surface area contributed by atoms with Crippen LogP contribution in [-0.4, -0.2) is 37.8 Å². The fourth-order valence-electron chi connectivity index (χ4n) is 2.79. The number of benzene rings is 2. The van der Waals surface area contributed by atoms with E-state index in [1.165, 1.54) is 6.21 Å². The van der Waals surface area contributed by atoms with Crippen molar-refractivity contribution in [3.8, 4) is 11.5 Å². The average molecular weight is 424 g/mol. The summed E-state index contributed by atoms with van der Waals surface area (Å²) in [5.41, 5.74) is 4.68. The summed E-state index contributed by atoms with van der Waals surface area (Å²) in [6.07, 6.45) is 3.09. The van der Waals surface area contributed by atoms with Crippen LogP contribution < -0.4 is 20.2 Å². The standard InChI is InChI=1S/C24H29N3O4/c1-6-14-31-22-19(8-7-9-20(22)30-5)15-25-27-24(29)21(16(2)3)26-23(28)18-12-10-17(4)11-13-18/h6-13,15-16,21H,1,14H2,2-5H3,(H,26,28)(H,27,29). The Kier molecular flexibility index (Phi) is 8.81. The van der Waals surface area contributed by atoms with Crippen molar-refractivity contribution in [3.05, 3.63) is 71.8 Å². The van der Waals surface area contributed by atoms with Gasteiger partial charge in [0.05, 0.1) is 13.3 Å². The molecule has 1 unspecified atom stereocenters. The van der Waals surface area contributed by atoms with Gasteiger partial charge in [0, 0.05) is 11.1 Å². The lowest BCUT2D eigenvalue weighted by Crippen LogP contribution is -2.48. The summed E-state index contributed by atoms with van der Waals surface area (Å²) in [5, 5.41) is 6.82. The van der Waals surface area contributed by atoms with Crippen LogP contribution in [0.4, 0.5) is 0 Å². The van der Waals surface area contributed by atoms with E-state index in [1.54, 1.807) is 43.5 Å². The molecular weight excluding hydrogens is 394 g/mol. The molecule has 0 saturated heterocycles. The number of hydrogen-bond acceptors (Lipinski definition) is 5. The molecule has 1 atom stereocenters. The van der Waals surface area contributed by atoms with Gasteiger partial charge in [-0.25, -0.2) is 5.43 Å². The topological polar surface area (TPSA) is 89.0 Å². The van der Waals surface area contributed by atoms with E-state index in [4.69, 9.17) is 9.47 Å². The molecule has 2 N–H and O–H groups in total. The molecule has 0 aromatic heterocycles. The van der Waals surface area contributed by atoms with Gasteiger partial charge in [-0.1, -0.05) is 50.3 Å². The maximum absolute atomic E-state index is 12.7. The third kappa shape index (κ3) is 6.70. The molecule has 0 saturated carbocycles. The monoisotopic (exact) mass is 423 g/mol. The third-order valence-electron chi connectivity index (χ3n) is 4.50. The lowest BCUT2D eigenvalue weighted by Gasteiger charge is -2.20. The maximum atomic E-state index is 12.7. The van der Waals surface area contributed by atoms with Crippen molar-refractivity contribution < 1.29 is 19.1 Å². The Labute approximate surface area is 183 Å². The van der Waals surface area contributed by atoms with Gasteiger partial charge in [0.25, 0.3) is 11.8 Å². The van der Waals surface area contributed by atoms with Crippen LogP contribution in [0.1, 0.15) is 35.3 Å². The predicted octanol–water partition coefficient (Wildman–Crippen LogP) is 3.47. The van der Waals surface area contributed by atoms with Crippen LogP contribution in [0.25, 0.3) is 0 Å². The fraction of sp³-hybridized carbons (Fsp3) is 0.292. The molecule has 2 amide bonds. The third-order valence-corrected chi connectivity index (χ3v) is 4.50. The molecule has 2 rings (SSSR count). The van der Waals surface area contributed by atoms with Crippen LogP contribution >= 0.6 is 0 Å². The van der Waals surface area contributed by atoms with Crippen LogP contribution in [0, 0.1) is 12.8 Å². The van der Waals surface area contributed by atoms with E-state index >= 15 is 0 Å². The molecular formula is C24H29N3O4. The lowest BCUT2D eigenvalue weighted by molar-refractivity contribution is -0.123. The molecule has 2 aromatic rings. The van der Waals surface area contributed by atoms with Gasteiger partial charge in [-0.2, -0.15) is 5.10 Å². The Hall–Kier alpha value is -3.61. The van der Waals surface area contributed by atoms with E-state index in [0.29, 0.717) is 29.2 Å². The zero-order chi connectivity index (χ0) is 22.8. The van der Waals surface area contributed by atoms with E-state index in [9.17, 15) is 9.59 Å². The number of hydrogen-bond donors (Lipinski definition) is 2. The molecule has 0 aliphatic carbocycles. The SMILES string of the molecule is C=CCOc1c(C=NNC(=O)C(NC(=O)c2ccc(C)cc2)C(C)C)cccc1OC. The smallest absolute Gasteiger partial charge is 0.262 e. The van der Waals surface area contributed by atoms with Gasteiger partial charge in [0.1, 0.15) is 12.6 Å². The summed E-state index contributed by atoms with van der Waals surface area (Å²) >= 11 is 0. The predicted molar refractivity (Wildman–Crippen MR) is 122 cm³/mol. The molecule has 0 fully saturated rings. The van der Waals surface area contributed by atoms with E-state index in [0.717, 1.165) is 5.56 Å². The highest BCUT2D eigenvalue weighted by Crippen LogP contribution is 2.30. The van der Waals surface area contributed by atoms with Gasteiger partial charge >= 0.3 is 0 Å². The van der Waals surface area contributed by atoms with E-state index < -0.39 is 11.9 Å². The number of ether oxygens (including phenoxy) is 2. The summed E-state index contributed by atoms with van der Waals surface area (Å²) in [6.45, 7) is 9.59. The zero-order valence-electron chi connectivity index (χ0n) is 18.3. The molecule has 31 heavy (non-hydrogen) atoms. The molecule has 0 aliphatic rings. The Morgan fingerprint density at radius 2 is 1.87 bits per heavy atom. The largest absolute Gasteiger partial charge is 0.493 e. The highest BCUT2D eigenvalue weighted by atomic mass is 16.5. The van der Waals surface area contributed by atoms with E-state index in [1.807, 2.05) is 32.9 Å². The van der Waals surface area contributed by atoms with Crippen molar-refractivity contribution in [2.75, 3.05) is 13.7 Å². The number of rotatable bonds is 10. The molecule has 0 aliphatic heterocycles. The van der Waals surface area contributed by atoms with Gasteiger partial charge in [-0.05, 0) is 37.1 Å². The number of aryl methyl sites for hydroxylation is 1. The minimum Gasteiger partial charge on any atom is -0.493 e. The number of methoxy groups -OCH3 is 1. The summed E-state index contributed by atoms with van der Waals surface area (Å²) in [7, 11) is 1.54. The van der Waals surface area contributed by atoms with Crippen LogP contribution in [-0.2, 0) is 4.79 Å². The quantitative estimate of drug-likeness (QED) is 0.348. The summed E-state index contributed by atoms with van der Waals surface area (Å²) < 4.78 is 11.0. The minimum atomic E-state index is -0.743. The molecule has 0 radical (unpaired) electrons. The van der Waals surface area contributed by atoms with Gasteiger partial charge in [-0.3, -0.25) is 9.59 Å². The zero-order valence-corrected chi connectivity index (χ0v) is 18.3. The van der Waals surface area contributed by atoms with Gasteiger partial charge in [0.15, 0.2) is 11.5 Å². The first kappa shape index (κ1) is 23.7. The van der Waals surface area contributed by atoms with Gasteiger partial charge in [-0.15, -0.1) is 0 Å². The number of nitrogens with zero attached hydrogens (tertiary/aromatic N) is 1. The molecule has 164 valence electrons. The van der Waals surface area contributed by atoms with E-state index in [-0.39, 0.29) is 11.8 Å². The second-order valence-electron chi connectivity index (χ2n) is 7.27. The lowest BCUT2D eigenvalue weighted by atomic mass is 10.0. The normalized spacial score (nSPS) is 11.8. The van der Waals surface area contributed by atoms with Crippen LogP contribution in [0.15, 0.2) is 60.2 Å². The Balaban J connectivity index is 2.09. The maximum Gasteiger partial charge on any atom is 0.262 e. The highest BCUT2D eigenvalue weighted by molar-refractivity contribution is 5.97. The number of hydrazone groups is 1. The van der Waals surface area contributed by atoms with Gasteiger partial charge < -0.3 is 14.8 Å². The van der Waals surface area contributed by atoms with Crippen molar-refractivity contribution in [1.29, 1.82) is 0 Å². The summed E-state index contributed by atoms with van der Waals surface area (Å²) in [6, 6.07) is 11.8. The van der Waals surface area contributed by atoms with Crippen LogP contribution in [0.5, 0.6) is 11.5 Å². The molecule has 0 spiro atoms. The van der Waals surface area contributed by atoms with Crippen molar-refractivity contribution in [1.82, 2.24) is 10.7 Å². The fourth-order valence-corrected chi connectivity index (χ4v) is 2.79. The van der Waals surface area contributed by atoms with Crippen molar-refractivity contribution in [2.24, 2.45) is 11.0 Å². The first-order valence-electron chi connectivity index (χ1n) is 9.98. The first-order chi connectivity index (χ1) is 14.9. The molecule has 2 aromatic carbocycles. The van der Waals surface area contributed by atoms with Crippen molar-refractivity contribution in [2.45, 2.75) is 26.8 Å². The first-order valence-corrected chi connectivity index (χ1v) is 9.98. The van der Waals surface area contributed by atoms with Crippen molar-refractivity contribution in [3.63, 3.8) is 0 Å². The number of amides is 2. The Morgan fingerprint density at radius 1 is 1.16 bits per heavy atom. The summed E-state index contributed by atoms with van der Waals surface area (Å²) in [5.74, 6) is 0.181. The van der Waals surface area contributed by atoms with Crippen LogP contribution in [0.2, 0.25) is 0 Å². The Morgan fingerprint density at radius 3 is 2.48 bits per heavy atom. The van der Waals surface area contributed by atoms with Crippen molar-refractivity contribution >= 4 is 18.0 Å². The number of carbonyl (C=O) groups is 2. The minimum absolute atomic E-state index is 0.132. The summed E-state index contributed by atoms with van der Waals surface area (Å²) in [4.78, 5) is 25.2. The highest BCUT2D eigenvalue weighted by Gasteiger charge is 2.24.